The van der Waals surface area contributed by atoms with Crippen molar-refractivity contribution < 1.29 is 28.6 Å². The largest absolute Gasteiger partial charge is 0.462 e. The van der Waals surface area contributed by atoms with Gasteiger partial charge >= 0.3 is 17.9 Å². The van der Waals surface area contributed by atoms with Crippen LogP contribution in [0.3, 0.4) is 0 Å². The monoisotopic (exact) mass is 1090 g/mol. The highest BCUT2D eigenvalue weighted by molar-refractivity contribution is 5.71. The van der Waals surface area contributed by atoms with Gasteiger partial charge in [-0.05, 0) is 135 Å². The van der Waals surface area contributed by atoms with Gasteiger partial charge in [0.1, 0.15) is 13.2 Å². The topological polar surface area (TPSA) is 78.9 Å². The molecule has 0 N–H and O–H groups in total. The van der Waals surface area contributed by atoms with Gasteiger partial charge in [0.25, 0.3) is 0 Å². The number of esters is 3. The fourth-order valence-corrected chi connectivity index (χ4v) is 8.79. The van der Waals surface area contributed by atoms with Crippen LogP contribution in [0.2, 0.25) is 0 Å². The molecule has 1 unspecified atom stereocenters. The Balaban J connectivity index is 4.45. The van der Waals surface area contributed by atoms with E-state index in [1.165, 1.54) is 109 Å². The number of carbonyl (C=O) groups is 3. The summed E-state index contributed by atoms with van der Waals surface area (Å²) in [4.78, 5) is 38.4. The van der Waals surface area contributed by atoms with Gasteiger partial charge in [-0.25, -0.2) is 0 Å². The minimum absolute atomic E-state index is 0.0939. The first-order valence-corrected chi connectivity index (χ1v) is 32.7. The molecule has 0 aliphatic carbocycles. The summed E-state index contributed by atoms with van der Waals surface area (Å²) >= 11 is 0. The Morgan fingerprint density at radius 2 is 0.494 bits per heavy atom. The number of unbranched alkanes of at least 4 members (excludes halogenated alkanes) is 25. The molecule has 0 aliphatic rings. The fraction of sp³-hybridized carbons (Fsp3) is 0.658. The Morgan fingerprint density at radius 3 is 0.772 bits per heavy atom. The normalized spacial score (nSPS) is 13.0. The van der Waals surface area contributed by atoms with E-state index in [2.05, 4.69) is 154 Å². The minimum Gasteiger partial charge on any atom is -0.462 e. The van der Waals surface area contributed by atoms with Crippen LogP contribution in [0.25, 0.3) is 0 Å². The summed E-state index contributed by atoms with van der Waals surface area (Å²) in [6.07, 6.45) is 93.0. The zero-order valence-corrected chi connectivity index (χ0v) is 51.3. The minimum atomic E-state index is -0.800. The Morgan fingerprint density at radius 1 is 0.266 bits per heavy atom. The number of carbonyl (C=O) groups excluding carboxylic acids is 3. The highest BCUT2D eigenvalue weighted by Gasteiger charge is 2.19. The third kappa shape index (κ3) is 64.3. The highest BCUT2D eigenvalue weighted by Crippen LogP contribution is 2.15. The van der Waals surface area contributed by atoms with E-state index in [0.717, 1.165) is 141 Å². The standard InChI is InChI=1S/C73H120O6/c1-4-7-10-13-16-19-22-25-28-31-34-35-36-37-40-42-45-48-51-54-57-60-63-66-72(75)78-69-70(79-73(76)67-64-61-58-55-52-49-46-43-39-33-30-27-24-21-18-15-12-9-6-3)68-77-71(74)65-62-59-56-53-50-47-44-41-38-32-29-26-23-20-17-14-11-8-5-2/h7,9-10,12,16-21,25-30,34-35,38-39,41,43,70H,4-6,8,11,13-15,22-24,31-33,36-37,40,42,44-69H2,1-3H3/b10-7-,12-9-,19-16-,20-17-,21-18-,28-25-,29-26-,30-27-,35-34-,41-38-,43-39-. The SMILES string of the molecule is CC/C=C\C/C=C\C/C=C\C/C=C\CCCCCCCCCCCCC(=O)OCC(COC(=O)CCCCCCCC/C=C\C/C=C\C/C=C\CCCCC)OC(=O)CCCCCCCC/C=C\C/C=C\C/C=C\C/C=C\CC. The van der Waals surface area contributed by atoms with Crippen molar-refractivity contribution in [1.82, 2.24) is 0 Å². The summed E-state index contributed by atoms with van der Waals surface area (Å²) in [5.74, 6) is -0.920. The molecule has 0 aliphatic heterocycles. The van der Waals surface area contributed by atoms with Crippen LogP contribution < -0.4 is 0 Å². The summed E-state index contributed by atoms with van der Waals surface area (Å²) in [5.41, 5.74) is 0. The van der Waals surface area contributed by atoms with E-state index in [-0.39, 0.29) is 31.1 Å². The lowest BCUT2D eigenvalue weighted by molar-refractivity contribution is -0.167. The average Bonchev–Trinajstić information content (AvgIpc) is 3.45. The highest BCUT2D eigenvalue weighted by atomic mass is 16.6. The molecular weight excluding hydrogens is 973 g/mol. The van der Waals surface area contributed by atoms with Gasteiger partial charge in [-0.15, -0.1) is 0 Å². The average molecular weight is 1090 g/mol. The number of rotatable bonds is 58. The van der Waals surface area contributed by atoms with Gasteiger partial charge in [-0.1, -0.05) is 270 Å². The predicted molar refractivity (Wildman–Crippen MR) is 343 cm³/mol. The molecule has 0 aromatic heterocycles. The van der Waals surface area contributed by atoms with Crippen LogP contribution in [-0.4, -0.2) is 37.2 Å². The van der Waals surface area contributed by atoms with Crippen molar-refractivity contribution in [2.75, 3.05) is 13.2 Å². The van der Waals surface area contributed by atoms with Crippen LogP contribution in [0.1, 0.15) is 290 Å². The molecule has 0 bridgehead atoms. The van der Waals surface area contributed by atoms with Crippen molar-refractivity contribution in [3.05, 3.63) is 134 Å². The molecule has 0 saturated heterocycles. The number of hydrogen-bond acceptors (Lipinski definition) is 6. The van der Waals surface area contributed by atoms with E-state index in [4.69, 9.17) is 14.2 Å². The van der Waals surface area contributed by atoms with Crippen LogP contribution in [-0.2, 0) is 28.6 Å². The first kappa shape index (κ1) is 74.5. The Hall–Kier alpha value is -4.45. The van der Waals surface area contributed by atoms with Gasteiger partial charge in [0.05, 0.1) is 0 Å². The van der Waals surface area contributed by atoms with Gasteiger partial charge in [0, 0.05) is 19.3 Å². The van der Waals surface area contributed by atoms with E-state index in [1.807, 2.05) is 0 Å². The van der Waals surface area contributed by atoms with Crippen molar-refractivity contribution in [1.29, 1.82) is 0 Å². The molecule has 6 nitrogen and oxygen atoms in total. The molecular formula is C73H120O6. The van der Waals surface area contributed by atoms with Gasteiger partial charge < -0.3 is 14.2 Å². The zero-order valence-electron chi connectivity index (χ0n) is 51.3. The first-order valence-electron chi connectivity index (χ1n) is 32.7. The number of allylic oxidation sites excluding steroid dienone is 22. The molecule has 0 fully saturated rings. The zero-order chi connectivity index (χ0) is 57.1. The second-order valence-electron chi connectivity index (χ2n) is 21.3. The molecule has 6 heteroatoms. The quantitative estimate of drug-likeness (QED) is 0.0261. The fourth-order valence-electron chi connectivity index (χ4n) is 8.79. The number of ether oxygens (including phenoxy) is 3. The van der Waals surface area contributed by atoms with E-state index >= 15 is 0 Å². The van der Waals surface area contributed by atoms with Crippen molar-refractivity contribution in [3.8, 4) is 0 Å². The van der Waals surface area contributed by atoms with E-state index < -0.39 is 6.10 Å². The van der Waals surface area contributed by atoms with Gasteiger partial charge in [-0.3, -0.25) is 14.4 Å². The molecule has 0 aromatic carbocycles. The lowest BCUT2D eigenvalue weighted by Gasteiger charge is -2.18. The molecule has 448 valence electrons. The van der Waals surface area contributed by atoms with E-state index in [9.17, 15) is 14.4 Å². The van der Waals surface area contributed by atoms with Gasteiger partial charge in [0.15, 0.2) is 6.10 Å². The Kier molecular flexibility index (Phi) is 62.3. The second-order valence-corrected chi connectivity index (χ2v) is 21.3. The maximum absolute atomic E-state index is 12.9. The maximum atomic E-state index is 12.9. The molecule has 0 amide bonds. The lowest BCUT2D eigenvalue weighted by atomic mass is 10.1. The van der Waals surface area contributed by atoms with Crippen molar-refractivity contribution >= 4 is 17.9 Å². The Labute approximate surface area is 487 Å². The summed E-state index contributed by atoms with van der Waals surface area (Å²) in [6.45, 7) is 6.38. The summed E-state index contributed by atoms with van der Waals surface area (Å²) < 4.78 is 16.9. The molecule has 0 heterocycles. The van der Waals surface area contributed by atoms with Gasteiger partial charge in [-0.2, -0.15) is 0 Å². The maximum Gasteiger partial charge on any atom is 0.306 e. The van der Waals surface area contributed by atoms with Crippen molar-refractivity contribution in [3.63, 3.8) is 0 Å². The summed E-state index contributed by atoms with van der Waals surface area (Å²) in [6, 6.07) is 0. The van der Waals surface area contributed by atoms with Crippen LogP contribution in [0.4, 0.5) is 0 Å². The van der Waals surface area contributed by atoms with Crippen LogP contribution in [0.15, 0.2) is 134 Å². The van der Waals surface area contributed by atoms with E-state index in [0.29, 0.717) is 19.3 Å². The lowest BCUT2D eigenvalue weighted by Crippen LogP contribution is -2.30. The molecule has 0 aromatic rings. The molecule has 0 spiro atoms. The summed E-state index contributed by atoms with van der Waals surface area (Å²) in [5, 5.41) is 0. The van der Waals surface area contributed by atoms with E-state index in [1.54, 1.807) is 0 Å². The van der Waals surface area contributed by atoms with Crippen molar-refractivity contribution in [2.24, 2.45) is 0 Å². The van der Waals surface area contributed by atoms with Crippen molar-refractivity contribution in [2.45, 2.75) is 297 Å². The predicted octanol–water partition coefficient (Wildman–Crippen LogP) is 22.5. The molecule has 0 saturated carbocycles. The third-order valence-electron chi connectivity index (χ3n) is 13.6. The Bertz CT molecular complexity index is 1680. The molecule has 0 radical (unpaired) electrons. The van der Waals surface area contributed by atoms with Crippen LogP contribution in [0.5, 0.6) is 0 Å². The van der Waals surface area contributed by atoms with Crippen LogP contribution >= 0.6 is 0 Å². The molecule has 0 rings (SSSR count). The second kappa shape index (κ2) is 66.1. The smallest absolute Gasteiger partial charge is 0.306 e. The third-order valence-corrected chi connectivity index (χ3v) is 13.6. The summed E-state index contributed by atoms with van der Waals surface area (Å²) in [7, 11) is 0. The first-order chi connectivity index (χ1) is 39.0. The van der Waals surface area contributed by atoms with Gasteiger partial charge in [0.2, 0.25) is 0 Å². The molecule has 1 atom stereocenters. The number of hydrogen-bond donors (Lipinski definition) is 0. The molecule has 79 heavy (non-hydrogen) atoms. The van der Waals surface area contributed by atoms with Crippen LogP contribution in [0, 0.1) is 0 Å².